The van der Waals surface area contributed by atoms with Crippen LogP contribution in [0.5, 0.6) is 0 Å². The van der Waals surface area contributed by atoms with Crippen molar-refractivity contribution in [1.29, 1.82) is 0 Å². The van der Waals surface area contributed by atoms with Crippen molar-refractivity contribution >= 4 is 34.2 Å². The number of rotatable bonds is 6. The number of hydrogen-bond acceptors (Lipinski definition) is 6. The molecule has 4 rings (SSSR count). The van der Waals surface area contributed by atoms with Crippen molar-refractivity contribution in [3.63, 3.8) is 0 Å². The van der Waals surface area contributed by atoms with E-state index < -0.39 is 12.0 Å². The first-order valence-corrected chi connectivity index (χ1v) is 11.7. The summed E-state index contributed by atoms with van der Waals surface area (Å²) >= 11 is 6.41. The van der Waals surface area contributed by atoms with Crippen LogP contribution in [-0.4, -0.2) is 59.5 Å². The molecule has 2 aromatic heterocycles. The number of halogens is 4. The number of fused-ring (bicyclic) bond motifs is 1. The monoisotopic (exact) mass is 506 g/mol. The topological polar surface area (TPSA) is 74.2 Å². The highest BCUT2D eigenvalue weighted by molar-refractivity contribution is 6.35. The Kier molecular flexibility index (Phi) is 7.42. The van der Waals surface area contributed by atoms with E-state index in [4.69, 9.17) is 11.6 Å². The molecule has 1 saturated heterocycles. The Hall–Kier alpha value is -2.98. The number of aromatic nitrogens is 3. The van der Waals surface area contributed by atoms with Crippen LogP contribution in [0.4, 0.5) is 19.0 Å². The number of hydrogen-bond donors (Lipinski definition) is 1. The number of anilines is 1. The number of carbonyl (C=O) groups excluding carboxylic acids is 1. The molecule has 0 spiro atoms. The van der Waals surface area contributed by atoms with Crippen molar-refractivity contribution in [2.24, 2.45) is 0 Å². The Labute approximate surface area is 206 Å². The molecule has 35 heavy (non-hydrogen) atoms. The largest absolute Gasteiger partial charge is 0.451 e. The Morgan fingerprint density at radius 3 is 2.43 bits per heavy atom. The standard InChI is InChI=1S/C24H26ClF3N6O/c1-33(2)20-9-6-16-18(32-20)8-7-17(25)21(16)22(35)29-14-19(34-10-4-3-5-11-34)15-12-30-23(31-13-15)24(26,27)28/h6-9,12-13,19H,3-5,10-11,14H2,1-2H3,(H,29,35). The number of nitrogens with one attached hydrogen (secondary N) is 1. The molecule has 3 aromatic rings. The summed E-state index contributed by atoms with van der Waals surface area (Å²) in [6, 6.07) is 6.65. The zero-order valence-electron chi connectivity index (χ0n) is 19.4. The Bertz CT molecular complexity index is 1200. The van der Waals surface area contributed by atoms with Crippen LogP contribution in [0.1, 0.15) is 47.1 Å². The number of benzene rings is 1. The maximum absolute atomic E-state index is 13.3. The summed E-state index contributed by atoms with van der Waals surface area (Å²) in [4.78, 5) is 28.9. The van der Waals surface area contributed by atoms with Crippen molar-refractivity contribution < 1.29 is 18.0 Å². The Morgan fingerprint density at radius 1 is 1.11 bits per heavy atom. The van der Waals surface area contributed by atoms with Crippen LogP contribution < -0.4 is 10.2 Å². The molecule has 1 atom stereocenters. The first-order chi connectivity index (χ1) is 16.6. The molecule has 1 N–H and O–H groups in total. The Morgan fingerprint density at radius 2 is 1.80 bits per heavy atom. The summed E-state index contributed by atoms with van der Waals surface area (Å²) in [5, 5.41) is 3.84. The molecule has 1 fully saturated rings. The van der Waals surface area contributed by atoms with Crippen LogP contribution in [-0.2, 0) is 6.18 Å². The van der Waals surface area contributed by atoms with Crippen LogP contribution in [0.25, 0.3) is 10.9 Å². The quantitative estimate of drug-likeness (QED) is 0.521. The second kappa shape index (κ2) is 10.3. The predicted octanol–water partition coefficient (Wildman–Crippen LogP) is 4.72. The van der Waals surface area contributed by atoms with Gasteiger partial charge in [0.25, 0.3) is 5.91 Å². The van der Waals surface area contributed by atoms with Gasteiger partial charge in [0.2, 0.25) is 5.82 Å². The minimum atomic E-state index is -4.61. The second-order valence-corrected chi connectivity index (χ2v) is 9.12. The van der Waals surface area contributed by atoms with Crippen molar-refractivity contribution in [2.75, 3.05) is 38.6 Å². The molecule has 7 nitrogen and oxygen atoms in total. The van der Waals surface area contributed by atoms with Gasteiger partial charge in [0.15, 0.2) is 0 Å². The van der Waals surface area contributed by atoms with Gasteiger partial charge >= 0.3 is 6.18 Å². The predicted molar refractivity (Wildman–Crippen MR) is 129 cm³/mol. The Balaban J connectivity index is 1.59. The highest BCUT2D eigenvalue weighted by Gasteiger charge is 2.35. The number of nitrogens with zero attached hydrogens (tertiary/aromatic N) is 5. The van der Waals surface area contributed by atoms with Crippen molar-refractivity contribution in [3.8, 4) is 0 Å². The van der Waals surface area contributed by atoms with Crippen LogP contribution >= 0.6 is 11.6 Å². The molecule has 1 aliphatic rings. The van der Waals surface area contributed by atoms with Crippen molar-refractivity contribution in [2.45, 2.75) is 31.5 Å². The number of likely N-dealkylation sites (tertiary alicyclic amines) is 1. The smallest absolute Gasteiger partial charge is 0.363 e. The molecular weight excluding hydrogens is 481 g/mol. The highest BCUT2D eigenvalue weighted by Crippen LogP contribution is 2.29. The lowest BCUT2D eigenvalue weighted by atomic mass is 10.0. The molecule has 3 heterocycles. The van der Waals surface area contributed by atoms with Crippen molar-refractivity contribution in [1.82, 2.24) is 25.2 Å². The fourth-order valence-corrected chi connectivity index (χ4v) is 4.52. The molecule has 1 amide bonds. The number of carbonyl (C=O) groups is 1. The third kappa shape index (κ3) is 5.65. The normalized spacial score (nSPS) is 15.7. The second-order valence-electron chi connectivity index (χ2n) is 8.71. The molecule has 0 aliphatic carbocycles. The zero-order chi connectivity index (χ0) is 25.2. The lowest BCUT2D eigenvalue weighted by Gasteiger charge is -2.34. The molecular formula is C24H26ClF3N6O. The maximum Gasteiger partial charge on any atom is 0.451 e. The third-order valence-corrected chi connectivity index (χ3v) is 6.40. The van der Waals surface area contributed by atoms with E-state index in [-0.39, 0.29) is 18.5 Å². The van der Waals surface area contributed by atoms with E-state index in [1.54, 1.807) is 12.1 Å². The van der Waals surface area contributed by atoms with Crippen molar-refractivity contribution in [3.05, 3.63) is 58.6 Å². The summed E-state index contributed by atoms with van der Waals surface area (Å²) in [7, 11) is 3.76. The third-order valence-electron chi connectivity index (χ3n) is 6.09. The molecule has 0 saturated carbocycles. The fourth-order valence-electron chi connectivity index (χ4n) is 4.27. The van der Waals surface area contributed by atoms with Gasteiger partial charge in [-0.1, -0.05) is 18.0 Å². The van der Waals surface area contributed by atoms with Gasteiger partial charge in [-0.25, -0.2) is 15.0 Å². The van der Waals surface area contributed by atoms with E-state index in [2.05, 4.69) is 25.2 Å². The maximum atomic E-state index is 13.3. The number of alkyl halides is 3. The highest BCUT2D eigenvalue weighted by atomic mass is 35.5. The molecule has 186 valence electrons. The zero-order valence-corrected chi connectivity index (χ0v) is 20.2. The van der Waals surface area contributed by atoms with Gasteiger partial charge in [-0.2, -0.15) is 13.2 Å². The van der Waals surface area contributed by atoms with Gasteiger partial charge in [0.1, 0.15) is 5.82 Å². The lowest BCUT2D eigenvalue weighted by molar-refractivity contribution is -0.145. The first kappa shape index (κ1) is 25.1. The number of piperidine rings is 1. The van der Waals surface area contributed by atoms with E-state index >= 15 is 0 Å². The molecule has 0 bridgehead atoms. The molecule has 1 aliphatic heterocycles. The average Bonchev–Trinajstić information content (AvgIpc) is 2.84. The summed E-state index contributed by atoms with van der Waals surface area (Å²) in [6.07, 6.45) is 0.811. The molecule has 1 unspecified atom stereocenters. The van der Waals surface area contributed by atoms with E-state index in [9.17, 15) is 18.0 Å². The fraction of sp³-hybridized carbons (Fsp3) is 0.417. The number of pyridine rings is 1. The van der Waals surface area contributed by atoms with E-state index in [1.807, 2.05) is 31.1 Å². The van der Waals surface area contributed by atoms with Gasteiger partial charge in [-0.3, -0.25) is 9.69 Å². The first-order valence-electron chi connectivity index (χ1n) is 11.3. The number of amides is 1. The molecule has 11 heteroatoms. The van der Waals surface area contributed by atoms with Crippen LogP contribution in [0.2, 0.25) is 5.02 Å². The van der Waals surface area contributed by atoms with Gasteiger partial charge in [0, 0.05) is 44.0 Å². The average molecular weight is 507 g/mol. The van der Waals surface area contributed by atoms with E-state index in [0.717, 1.165) is 38.2 Å². The van der Waals surface area contributed by atoms with Crippen LogP contribution in [0, 0.1) is 0 Å². The van der Waals surface area contributed by atoms with E-state index in [0.29, 0.717) is 27.1 Å². The minimum absolute atomic E-state index is 0.170. The van der Waals surface area contributed by atoms with Gasteiger partial charge in [0.05, 0.1) is 22.1 Å². The minimum Gasteiger partial charge on any atom is -0.363 e. The van der Waals surface area contributed by atoms with Crippen LogP contribution in [0.3, 0.4) is 0 Å². The summed E-state index contributed by atoms with van der Waals surface area (Å²) in [6.45, 7) is 1.71. The SMILES string of the molecule is CN(C)c1ccc2c(C(=O)NCC(c3cnc(C(F)(F)F)nc3)N3CCCCC3)c(Cl)ccc2n1. The lowest BCUT2D eigenvalue weighted by Crippen LogP contribution is -2.41. The van der Waals surface area contributed by atoms with Crippen LogP contribution in [0.15, 0.2) is 36.7 Å². The van der Waals surface area contributed by atoms with Gasteiger partial charge in [-0.15, -0.1) is 0 Å². The van der Waals surface area contributed by atoms with E-state index in [1.165, 1.54) is 12.4 Å². The van der Waals surface area contributed by atoms with Gasteiger partial charge < -0.3 is 10.2 Å². The summed E-state index contributed by atoms with van der Waals surface area (Å²) in [5.74, 6) is -0.816. The molecule has 1 aromatic carbocycles. The summed E-state index contributed by atoms with van der Waals surface area (Å²) in [5.41, 5.74) is 1.46. The van der Waals surface area contributed by atoms with Gasteiger partial charge in [-0.05, 0) is 50.2 Å². The molecule has 0 radical (unpaired) electrons. The summed E-state index contributed by atoms with van der Waals surface area (Å²) < 4.78 is 38.8.